The highest BCUT2D eigenvalue weighted by Gasteiger charge is 2.45. The lowest BCUT2D eigenvalue weighted by atomic mass is 10.0. The van der Waals surface area contributed by atoms with Crippen molar-refractivity contribution in [3.05, 3.63) is 64.2 Å². The molecule has 3 heterocycles. The lowest BCUT2D eigenvalue weighted by molar-refractivity contribution is -0.136. The number of carbonyl (C=O) groups is 4. The van der Waals surface area contributed by atoms with E-state index in [0.717, 1.165) is 23.7 Å². The predicted octanol–water partition coefficient (Wildman–Crippen LogP) is 1.30. The van der Waals surface area contributed by atoms with E-state index in [2.05, 4.69) is 28.1 Å². The highest BCUT2D eigenvalue weighted by atomic mass is 16.2. The number of hydrogen-bond acceptors (Lipinski definition) is 6. The first-order valence-corrected chi connectivity index (χ1v) is 9.93. The monoisotopic (exact) mass is 404 g/mol. The maximum absolute atomic E-state index is 13.1. The largest absolute Gasteiger partial charge is 0.381 e. The average molecular weight is 404 g/mol. The number of rotatable bonds is 4. The van der Waals surface area contributed by atoms with Crippen LogP contribution in [0.4, 0.5) is 5.69 Å². The van der Waals surface area contributed by atoms with E-state index in [4.69, 9.17) is 0 Å². The second-order valence-electron chi connectivity index (χ2n) is 7.73. The van der Waals surface area contributed by atoms with E-state index in [1.165, 1.54) is 11.1 Å². The molecule has 3 aliphatic heterocycles. The van der Waals surface area contributed by atoms with Gasteiger partial charge in [-0.1, -0.05) is 18.2 Å². The van der Waals surface area contributed by atoms with Crippen molar-refractivity contribution < 1.29 is 19.2 Å². The highest BCUT2D eigenvalue weighted by molar-refractivity contribution is 6.24. The van der Waals surface area contributed by atoms with E-state index in [1.807, 2.05) is 6.07 Å². The van der Waals surface area contributed by atoms with Gasteiger partial charge in [0.1, 0.15) is 6.04 Å². The molecular weight excluding hydrogens is 384 g/mol. The number of benzene rings is 2. The summed E-state index contributed by atoms with van der Waals surface area (Å²) >= 11 is 0. The zero-order valence-corrected chi connectivity index (χ0v) is 16.2. The van der Waals surface area contributed by atoms with Crippen LogP contribution in [0.3, 0.4) is 0 Å². The fraction of sp³-hybridized carbons (Fsp3) is 0.273. The molecule has 0 radical (unpaired) electrons. The van der Waals surface area contributed by atoms with E-state index >= 15 is 0 Å². The van der Waals surface area contributed by atoms with Crippen molar-refractivity contribution >= 4 is 29.3 Å². The van der Waals surface area contributed by atoms with E-state index in [-0.39, 0.29) is 18.7 Å². The molecule has 1 unspecified atom stereocenters. The van der Waals surface area contributed by atoms with Crippen LogP contribution in [-0.2, 0) is 29.2 Å². The maximum Gasteiger partial charge on any atom is 0.262 e. The van der Waals surface area contributed by atoms with Gasteiger partial charge in [-0.2, -0.15) is 0 Å². The third-order valence-electron chi connectivity index (χ3n) is 5.87. The van der Waals surface area contributed by atoms with E-state index in [9.17, 15) is 19.2 Å². The number of imide groups is 2. The summed E-state index contributed by atoms with van der Waals surface area (Å²) in [4.78, 5) is 50.7. The Morgan fingerprint density at radius 1 is 1.00 bits per heavy atom. The molecule has 0 aliphatic carbocycles. The summed E-state index contributed by atoms with van der Waals surface area (Å²) in [5, 5.41) is 8.85. The Balaban J connectivity index is 1.39. The van der Waals surface area contributed by atoms with Gasteiger partial charge in [-0.25, -0.2) is 0 Å². The Bertz CT molecular complexity index is 1110. The van der Waals surface area contributed by atoms with Crippen molar-refractivity contribution in [1.29, 1.82) is 0 Å². The van der Waals surface area contributed by atoms with Gasteiger partial charge in [0, 0.05) is 31.7 Å². The van der Waals surface area contributed by atoms with Gasteiger partial charge in [0.15, 0.2) is 0 Å². The van der Waals surface area contributed by atoms with Crippen LogP contribution in [0.25, 0.3) is 0 Å². The molecule has 152 valence electrons. The molecule has 2 aromatic carbocycles. The Labute approximate surface area is 172 Å². The summed E-state index contributed by atoms with van der Waals surface area (Å²) < 4.78 is 0. The zero-order chi connectivity index (χ0) is 20.8. The van der Waals surface area contributed by atoms with Crippen LogP contribution in [0, 0.1) is 0 Å². The van der Waals surface area contributed by atoms with Crippen molar-refractivity contribution in [3.8, 4) is 0 Å². The van der Waals surface area contributed by atoms with Crippen LogP contribution < -0.4 is 16.0 Å². The molecule has 4 amide bonds. The van der Waals surface area contributed by atoms with E-state index < -0.39 is 23.8 Å². The van der Waals surface area contributed by atoms with Crippen LogP contribution in [0.2, 0.25) is 0 Å². The molecule has 1 atom stereocenters. The lowest BCUT2D eigenvalue weighted by Crippen LogP contribution is -2.54. The summed E-state index contributed by atoms with van der Waals surface area (Å²) in [7, 11) is 0. The second-order valence-corrected chi connectivity index (χ2v) is 7.73. The molecule has 0 spiro atoms. The summed E-state index contributed by atoms with van der Waals surface area (Å²) in [6.45, 7) is 2.08. The van der Waals surface area contributed by atoms with E-state index in [1.54, 1.807) is 18.2 Å². The molecule has 8 heteroatoms. The molecule has 0 bridgehead atoms. The Hall–Kier alpha value is -3.52. The van der Waals surface area contributed by atoms with Gasteiger partial charge >= 0.3 is 0 Å². The van der Waals surface area contributed by atoms with Gasteiger partial charge in [0.25, 0.3) is 11.8 Å². The Kier molecular flexibility index (Phi) is 4.36. The molecule has 3 N–H and O–H groups in total. The minimum atomic E-state index is -0.958. The third kappa shape index (κ3) is 2.96. The molecule has 30 heavy (non-hydrogen) atoms. The van der Waals surface area contributed by atoms with Crippen molar-refractivity contribution in [1.82, 2.24) is 15.5 Å². The van der Waals surface area contributed by atoms with Gasteiger partial charge in [-0.05, 0) is 41.3 Å². The number of hydrogen-bond donors (Lipinski definition) is 3. The Morgan fingerprint density at radius 2 is 1.83 bits per heavy atom. The molecule has 1 saturated heterocycles. The molecule has 0 aromatic heterocycles. The van der Waals surface area contributed by atoms with Crippen LogP contribution in [0.5, 0.6) is 0 Å². The minimum Gasteiger partial charge on any atom is -0.381 e. The van der Waals surface area contributed by atoms with E-state index in [0.29, 0.717) is 23.2 Å². The quantitative estimate of drug-likeness (QED) is 0.663. The Morgan fingerprint density at radius 3 is 2.67 bits per heavy atom. The van der Waals surface area contributed by atoms with Gasteiger partial charge in [0.2, 0.25) is 11.8 Å². The van der Waals surface area contributed by atoms with Crippen LogP contribution in [-0.4, -0.2) is 34.6 Å². The lowest BCUT2D eigenvalue weighted by Gasteiger charge is -2.27. The minimum absolute atomic E-state index is 0.103. The van der Waals surface area contributed by atoms with Gasteiger partial charge in [-0.3, -0.25) is 29.4 Å². The molecule has 0 saturated carbocycles. The SMILES string of the molecule is O=C1CCC(N2C(=O)c3cccc(CNc4ccc5c(c4)CNC5)c3C2=O)C(=O)N1. The normalized spacial score (nSPS) is 20.3. The number of anilines is 1. The van der Waals surface area contributed by atoms with Crippen LogP contribution in [0.1, 0.15) is 50.2 Å². The fourth-order valence-electron chi connectivity index (χ4n) is 4.33. The van der Waals surface area contributed by atoms with Crippen LogP contribution in [0.15, 0.2) is 36.4 Å². The number of amides is 4. The smallest absolute Gasteiger partial charge is 0.262 e. The highest BCUT2D eigenvalue weighted by Crippen LogP contribution is 2.30. The first-order valence-electron chi connectivity index (χ1n) is 9.93. The third-order valence-corrected chi connectivity index (χ3v) is 5.87. The number of piperidine rings is 1. The fourth-order valence-corrected chi connectivity index (χ4v) is 4.33. The predicted molar refractivity (Wildman–Crippen MR) is 107 cm³/mol. The number of carbonyl (C=O) groups excluding carboxylic acids is 4. The van der Waals surface area contributed by atoms with Crippen molar-refractivity contribution in [2.75, 3.05) is 5.32 Å². The molecule has 3 aliphatic rings. The molecule has 1 fully saturated rings. The van der Waals surface area contributed by atoms with Gasteiger partial charge < -0.3 is 10.6 Å². The molecule has 2 aromatic rings. The summed E-state index contributed by atoms with van der Waals surface area (Å²) in [5.41, 5.74) is 4.77. The average Bonchev–Trinajstić information content (AvgIpc) is 3.30. The van der Waals surface area contributed by atoms with Gasteiger partial charge in [-0.15, -0.1) is 0 Å². The van der Waals surface area contributed by atoms with Crippen molar-refractivity contribution in [2.45, 2.75) is 38.5 Å². The summed E-state index contributed by atoms with van der Waals surface area (Å²) in [5.74, 6) is -1.97. The molecule has 5 rings (SSSR count). The van der Waals surface area contributed by atoms with Crippen LogP contribution >= 0.6 is 0 Å². The van der Waals surface area contributed by atoms with Crippen molar-refractivity contribution in [2.24, 2.45) is 0 Å². The zero-order valence-electron chi connectivity index (χ0n) is 16.2. The summed E-state index contributed by atoms with van der Waals surface area (Å²) in [6.07, 6.45) is 0.248. The molecule has 8 nitrogen and oxygen atoms in total. The standard InChI is InChI=1S/C22H20N4O4/c27-18-7-6-17(20(28)25-18)26-21(29)16-3-1-2-13(19(16)22(26)30)11-24-15-5-4-12-9-23-10-14(12)8-15/h1-5,8,17,23-24H,6-7,9-11H2,(H,25,27,28). The number of nitrogens with one attached hydrogen (secondary N) is 3. The van der Waals surface area contributed by atoms with Crippen molar-refractivity contribution in [3.63, 3.8) is 0 Å². The molecular formula is C22H20N4O4. The van der Waals surface area contributed by atoms with Gasteiger partial charge in [0.05, 0.1) is 11.1 Å². The first-order chi connectivity index (χ1) is 14.5. The topological polar surface area (TPSA) is 108 Å². The second kappa shape index (κ2) is 7.07. The summed E-state index contributed by atoms with van der Waals surface area (Å²) in [6, 6.07) is 10.3. The first kappa shape index (κ1) is 18.5. The number of fused-ring (bicyclic) bond motifs is 2. The number of nitrogens with zero attached hydrogens (tertiary/aromatic N) is 1. The maximum atomic E-state index is 13.1.